The van der Waals surface area contributed by atoms with Gasteiger partial charge in [-0.1, -0.05) is 0 Å². The Balaban J connectivity index is 1.76. The van der Waals surface area contributed by atoms with Crippen LogP contribution in [0.4, 0.5) is 4.39 Å². The molecule has 0 fully saturated rings. The fourth-order valence-electron chi connectivity index (χ4n) is 2.43. The zero-order chi connectivity index (χ0) is 16.5. The summed E-state index contributed by atoms with van der Waals surface area (Å²) in [5.41, 5.74) is 2.00. The number of nitrogens with zero attached hydrogens (tertiary/aromatic N) is 1. The van der Waals surface area contributed by atoms with Crippen LogP contribution in [0.1, 0.15) is 18.9 Å². The number of aromatic nitrogens is 1. The number of benzene rings is 1. The molecule has 0 atom stereocenters. The minimum absolute atomic E-state index is 0.222. The molecular formula is C17H25FN4O. The monoisotopic (exact) mass is 320 g/mol. The molecule has 1 aromatic heterocycles. The first-order valence-corrected chi connectivity index (χ1v) is 8.02. The van der Waals surface area contributed by atoms with E-state index in [9.17, 15) is 4.39 Å². The van der Waals surface area contributed by atoms with Crippen LogP contribution in [0, 0.1) is 5.82 Å². The Kier molecular flexibility index (Phi) is 6.87. The fourth-order valence-corrected chi connectivity index (χ4v) is 2.43. The van der Waals surface area contributed by atoms with Crippen molar-refractivity contribution in [1.29, 1.82) is 0 Å². The average Bonchev–Trinajstić information content (AvgIpc) is 2.95. The second-order valence-electron chi connectivity index (χ2n) is 5.23. The highest BCUT2D eigenvalue weighted by atomic mass is 19.1. The molecule has 0 spiro atoms. The molecular weight excluding hydrogens is 295 g/mol. The third-order valence-corrected chi connectivity index (χ3v) is 3.60. The second-order valence-corrected chi connectivity index (χ2v) is 5.23. The van der Waals surface area contributed by atoms with E-state index < -0.39 is 0 Å². The SMILES string of the molecule is CCOCCCNC(=NC)NCCc1c[nH]c2cc(F)ccc12. The standard InChI is InChI=1S/C17H25FN4O/c1-3-23-10-4-8-20-17(19-2)21-9-7-13-12-22-16-11-14(18)5-6-15(13)16/h5-6,11-12,22H,3-4,7-10H2,1-2H3,(H2,19,20,21). The Morgan fingerprint density at radius 3 is 2.91 bits per heavy atom. The first kappa shape index (κ1) is 17.3. The molecule has 1 aromatic carbocycles. The number of fused-ring (bicyclic) bond motifs is 1. The van der Waals surface area contributed by atoms with Gasteiger partial charge in [0.05, 0.1) is 0 Å². The van der Waals surface area contributed by atoms with Crippen LogP contribution >= 0.6 is 0 Å². The van der Waals surface area contributed by atoms with Gasteiger partial charge in [0.15, 0.2) is 5.96 Å². The Bertz CT molecular complexity index is 639. The number of ether oxygens (including phenoxy) is 1. The quantitative estimate of drug-likeness (QED) is 0.398. The summed E-state index contributed by atoms with van der Waals surface area (Å²) in [5, 5.41) is 7.60. The number of rotatable bonds is 8. The molecule has 0 unspecified atom stereocenters. The molecule has 0 aliphatic carbocycles. The van der Waals surface area contributed by atoms with Crippen LogP contribution in [-0.4, -0.2) is 44.3 Å². The molecule has 2 rings (SSSR count). The highest BCUT2D eigenvalue weighted by Crippen LogP contribution is 2.19. The number of H-pyrrole nitrogens is 1. The first-order valence-electron chi connectivity index (χ1n) is 8.02. The van der Waals surface area contributed by atoms with Crippen molar-refractivity contribution >= 4 is 16.9 Å². The number of guanidine groups is 1. The van der Waals surface area contributed by atoms with Gasteiger partial charge in [0.1, 0.15) is 5.82 Å². The van der Waals surface area contributed by atoms with Crippen molar-refractivity contribution in [3.8, 4) is 0 Å². The Morgan fingerprint density at radius 1 is 1.30 bits per heavy atom. The molecule has 0 radical (unpaired) electrons. The van der Waals surface area contributed by atoms with Gasteiger partial charge in [0.25, 0.3) is 0 Å². The zero-order valence-electron chi connectivity index (χ0n) is 13.8. The zero-order valence-corrected chi connectivity index (χ0v) is 13.8. The molecule has 0 saturated heterocycles. The van der Waals surface area contributed by atoms with Crippen molar-refractivity contribution in [3.63, 3.8) is 0 Å². The summed E-state index contributed by atoms with van der Waals surface area (Å²) < 4.78 is 18.5. The smallest absolute Gasteiger partial charge is 0.190 e. The van der Waals surface area contributed by atoms with Crippen LogP contribution in [0.25, 0.3) is 10.9 Å². The van der Waals surface area contributed by atoms with Gasteiger partial charge in [-0.15, -0.1) is 0 Å². The topological polar surface area (TPSA) is 61.4 Å². The number of hydrogen-bond donors (Lipinski definition) is 3. The van der Waals surface area contributed by atoms with E-state index in [1.165, 1.54) is 17.7 Å². The van der Waals surface area contributed by atoms with Crippen LogP contribution in [0.2, 0.25) is 0 Å². The van der Waals surface area contributed by atoms with Crippen LogP contribution < -0.4 is 10.6 Å². The summed E-state index contributed by atoms with van der Waals surface area (Å²) in [4.78, 5) is 7.30. The average molecular weight is 320 g/mol. The molecule has 2 aromatic rings. The summed E-state index contributed by atoms with van der Waals surface area (Å²) >= 11 is 0. The van der Waals surface area contributed by atoms with Gasteiger partial charge < -0.3 is 20.4 Å². The molecule has 0 saturated carbocycles. The van der Waals surface area contributed by atoms with E-state index in [1.54, 1.807) is 7.05 Å². The lowest BCUT2D eigenvalue weighted by molar-refractivity contribution is 0.145. The van der Waals surface area contributed by atoms with E-state index in [1.807, 2.05) is 19.2 Å². The maximum atomic E-state index is 13.2. The molecule has 0 amide bonds. The van der Waals surface area contributed by atoms with Crippen molar-refractivity contribution in [1.82, 2.24) is 15.6 Å². The van der Waals surface area contributed by atoms with E-state index in [2.05, 4.69) is 20.6 Å². The highest BCUT2D eigenvalue weighted by Gasteiger charge is 2.05. The van der Waals surface area contributed by atoms with Gasteiger partial charge in [0.2, 0.25) is 0 Å². The second kappa shape index (κ2) is 9.15. The highest BCUT2D eigenvalue weighted by molar-refractivity contribution is 5.83. The van der Waals surface area contributed by atoms with Crippen molar-refractivity contribution in [2.75, 3.05) is 33.4 Å². The normalized spacial score (nSPS) is 11.9. The molecule has 0 aliphatic rings. The molecule has 6 heteroatoms. The molecule has 3 N–H and O–H groups in total. The van der Waals surface area contributed by atoms with Crippen molar-refractivity contribution in [3.05, 3.63) is 35.8 Å². The van der Waals surface area contributed by atoms with E-state index >= 15 is 0 Å². The lowest BCUT2D eigenvalue weighted by atomic mass is 10.1. The fraction of sp³-hybridized carbons (Fsp3) is 0.471. The summed E-state index contributed by atoms with van der Waals surface area (Å²) in [6.45, 7) is 5.09. The van der Waals surface area contributed by atoms with Crippen molar-refractivity contribution in [2.45, 2.75) is 19.8 Å². The number of aliphatic imine (C=N–C) groups is 1. The first-order chi connectivity index (χ1) is 11.2. The van der Waals surface area contributed by atoms with Crippen molar-refractivity contribution < 1.29 is 9.13 Å². The summed E-state index contributed by atoms with van der Waals surface area (Å²) in [6, 6.07) is 4.83. The van der Waals surface area contributed by atoms with E-state index in [0.29, 0.717) is 0 Å². The largest absolute Gasteiger partial charge is 0.382 e. The summed E-state index contributed by atoms with van der Waals surface area (Å²) in [5.74, 6) is 0.563. The van der Waals surface area contributed by atoms with Gasteiger partial charge >= 0.3 is 0 Å². The molecule has 0 aliphatic heterocycles. The van der Waals surface area contributed by atoms with E-state index in [-0.39, 0.29) is 5.82 Å². The van der Waals surface area contributed by atoms with Gasteiger partial charge in [-0.25, -0.2) is 4.39 Å². The van der Waals surface area contributed by atoms with Crippen LogP contribution in [0.5, 0.6) is 0 Å². The van der Waals surface area contributed by atoms with Crippen LogP contribution in [0.15, 0.2) is 29.4 Å². The third-order valence-electron chi connectivity index (χ3n) is 3.60. The predicted octanol–water partition coefficient (Wildman–Crippen LogP) is 2.44. The lowest BCUT2D eigenvalue weighted by Gasteiger charge is -2.11. The van der Waals surface area contributed by atoms with Gasteiger partial charge in [0, 0.05) is 50.5 Å². The number of hydrogen-bond acceptors (Lipinski definition) is 2. The van der Waals surface area contributed by atoms with Crippen LogP contribution in [-0.2, 0) is 11.2 Å². The van der Waals surface area contributed by atoms with Gasteiger partial charge in [-0.2, -0.15) is 0 Å². The predicted molar refractivity (Wildman–Crippen MR) is 92.4 cm³/mol. The summed E-state index contributed by atoms with van der Waals surface area (Å²) in [6.07, 6.45) is 3.72. The van der Waals surface area contributed by atoms with E-state index in [0.717, 1.165) is 56.0 Å². The summed E-state index contributed by atoms with van der Waals surface area (Å²) in [7, 11) is 1.76. The maximum Gasteiger partial charge on any atom is 0.190 e. The van der Waals surface area contributed by atoms with Gasteiger partial charge in [-0.3, -0.25) is 4.99 Å². The van der Waals surface area contributed by atoms with Crippen LogP contribution in [0.3, 0.4) is 0 Å². The molecule has 0 bridgehead atoms. The minimum atomic E-state index is -0.222. The minimum Gasteiger partial charge on any atom is -0.382 e. The lowest BCUT2D eigenvalue weighted by Crippen LogP contribution is -2.39. The van der Waals surface area contributed by atoms with Gasteiger partial charge in [-0.05, 0) is 43.5 Å². The van der Waals surface area contributed by atoms with Crippen molar-refractivity contribution in [2.24, 2.45) is 4.99 Å². The molecule has 23 heavy (non-hydrogen) atoms. The molecule has 126 valence electrons. The maximum absolute atomic E-state index is 13.2. The number of aromatic amines is 1. The third kappa shape index (κ3) is 5.25. The molecule has 1 heterocycles. The number of halogens is 1. The Labute approximate surface area is 136 Å². The number of nitrogens with one attached hydrogen (secondary N) is 3. The van der Waals surface area contributed by atoms with E-state index in [4.69, 9.17) is 4.74 Å². The Morgan fingerprint density at radius 2 is 2.13 bits per heavy atom. The molecule has 5 nitrogen and oxygen atoms in total. The Hall–Kier alpha value is -2.08.